The van der Waals surface area contributed by atoms with Crippen molar-refractivity contribution >= 4 is 5.91 Å². The molecular formula is C8H16N2O. The van der Waals surface area contributed by atoms with E-state index in [1.54, 1.807) is 0 Å². The summed E-state index contributed by atoms with van der Waals surface area (Å²) in [6.07, 6.45) is 2.94. The Bertz CT molecular complexity index is 152. The normalized spacial score (nSPS) is 19.5. The summed E-state index contributed by atoms with van der Waals surface area (Å²) in [5.41, 5.74) is 5.31. The zero-order valence-electron chi connectivity index (χ0n) is 7.02. The first-order valence-corrected chi connectivity index (χ1v) is 4.23. The smallest absolute Gasteiger partial charge is 0.227 e. The maximum absolute atomic E-state index is 11.3. The highest BCUT2D eigenvalue weighted by Crippen LogP contribution is 2.44. The molecule has 64 valence electrons. The SMILES string of the molecule is CCCNC(=O)C1(CN)CC1. The highest BCUT2D eigenvalue weighted by molar-refractivity contribution is 5.85. The Morgan fingerprint density at radius 2 is 2.27 bits per heavy atom. The van der Waals surface area contributed by atoms with E-state index in [-0.39, 0.29) is 11.3 Å². The van der Waals surface area contributed by atoms with E-state index in [1.807, 2.05) is 6.92 Å². The van der Waals surface area contributed by atoms with Gasteiger partial charge < -0.3 is 11.1 Å². The molecule has 1 rings (SSSR count). The molecule has 3 heteroatoms. The van der Waals surface area contributed by atoms with Crippen molar-refractivity contribution in [3.8, 4) is 0 Å². The van der Waals surface area contributed by atoms with Crippen molar-refractivity contribution in [2.75, 3.05) is 13.1 Å². The summed E-state index contributed by atoms with van der Waals surface area (Å²) in [4.78, 5) is 11.3. The Kier molecular flexibility index (Phi) is 2.49. The molecule has 0 atom stereocenters. The van der Waals surface area contributed by atoms with Gasteiger partial charge in [-0.3, -0.25) is 4.79 Å². The minimum absolute atomic E-state index is 0.154. The molecule has 3 N–H and O–H groups in total. The van der Waals surface area contributed by atoms with Crippen molar-refractivity contribution in [2.45, 2.75) is 26.2 Å². The van der Waals surface area contributed by atoms with Crippen LogP contribution >= 0.6 is 0 Å². The highest BCUT2D eigenvalue weighted by atomic mass is 16.2. The Labute approximate surface area is 67.3 Å². The summed E-state index contributed by atoms with van der Waals surface area (Å²) in [6, 6.07) is 0. The molecule has 3 nitrogen and oxygen atoms in total. The van der Waals surface area contributed by atoms with Gasteiger partial charge in [-0.1, -0.05) is 6.92 Å². The first-order valence-electron chi connectivity index (χ1n) is 4.23. The monoisotopic (exact) mass is 156 g/mol. The van der Waals surface area contributed by atoms with Crippen LogP contribution in [0.25, 0.3) is 0 Å². The topological polar surface area (TPSA) is 55.1 Å². The van der Waals surface area contributed by atoms with Gasteiger partial charge >= 0.3 is 0 Å². The van der Waals surface area contributed by atoms with Crippen LogP contribution in [0.1, 0.15) is 26.2 Å². The molecule has 1 aliphatic carbocycles. The van der Waals surface area contributed by atoms with Crippen LogP contribution in [0.15, 0.2) is 0 Å². The Balaban J connectivity index is 2.29. The van der Waals surface area contributed by atoms with E-state index in [2.05, 4.69) is 5.32 Å². The summed E-state index contributed by atoms with van der Waals surface area (Å²) in [5, 5.41) is 2.87. The van der Waals surface area contributed by atoms with Gasteiger partial charge in [-0.05, 0) is 19.3 Å². The second kappa shape index (κ2) is 3.22. The van der Waals surface area contributed by atoms with E-state index < -0.39 is 0 Å². The molecule has 0 aliphatic heterocycles. The zero-order valence-corrected chi connectivity index (χ0v) is 7.02. The zero-order chi connectivity index (χ0) is 8.32. The molecule has 0 unspecified atom stereocenters. The standard InChI is InChI=1S/C8H16N2O/c1-2-5-10-7(11)8(6-9)3-4-8/h2-6,9H2,1H3,(H,10,11). The third kappa shape index (κ3) is 1.71. The van der Waals surface area contributed by atoms with Gasteiger partial charge in [0.05, 0.1) is 5.41 Å². The third-order valence-corrected chi connectivity index (χ3v) is 2.26. The van der Waals surface area contributed by atoms with Crippen molar-refractivity contribution < 1.29 is 4.79 Å². The molecule has 0 spiro atoms. The quantitative estimate of drug-likeness (QED) is 0.613. The van der Waals surface area contributed by atoms with Crippen LogP contribution < -0.4 is 11.1 Å². The highest BCUT2D eigenvalue weighted by Gasteiger charge is 2.48. The van der Waals surface area contributed by atoms with E-state index in [4.69, 9.17) is 5.73 Å². The first-order chi connectivity index (χ1) is 5.25. The summed E-state index contributed by atoms with van der Waals surface area (Å²) in [5.74, 6) is 0.154. The number of nitrogens with two attached hydrogens (primary N) is 1. The van der Waals surface area contributed by atoms with Gasteiger partial charge in [0.15, 0.2) is 0 Å². The van der Waals surface area contributed by atoms with Crippen molar-refractivity contribution in [2.24, 2.45) is 11.1 Å². The maximum Gasteiger partial charge on any atom is 0.227 e. The summed E-state index contributed by atoms with van der Waals surface area (Å²) >= 11 is 0. The number of amides is 1. The number of rotatable bonds is 4. The number of carbonyl (C=O) groups excluding carboxylic acids is 1. The largest absolute Gasteiger partial charge is 0.356 e. The molecule has 0 heterocycles. The van der Waals surface area contributed by atoms with Gasteiger partial charge in [0.2, 0.25) is 5.91 Å². The van der Waals surface area contributed by atoms with Crippen molar-refractivity contribution in [3.05, 3.63) is 0 Å². The van der Waals surface area contributed by atoms with Gasteiger partial charge in [0.25, 0.3) is 0 Å². The Hall–Kier alpha value is -0.570. The maximum atomic E-state index is 11.3. The van der Waals surface area contributed by atoms with Crippen LogP contribution in [0.3, 0.4) is 0 Å². The molecule has 0 radical (unpaired) electrons. The summed E-state index contributed by atoms with van der Waals surface area (Å²) < 4.78 is 0. The molecule has 1 aliphatic rings. The number of nitrogens with one attached hydrogen (secondary N) is 1. The van der Waals surface area contributed by atoms with Crippen molar-refractivity contribution in [3.63, 3.8) is 0 Å². The van der Waals surface area contributed by atoms with Gasteiger partial charge in [-0.2, -0.15) is 0 Å². The van der Waals surface area contributed by atoms with Crippen molar-refractivity contribution in [1.29, 1.82) is 0 Å². The lowest BCUT2D eigenvalue weighted by Gasteiger charge is -2.11. The average Bonchev–Trinajstić information content (AvgIpc) is 2.80. The van der Waals surface area contributed by atoms with Crippen LogP contribution in [-0.2, 0) is 4.79 Å². The van der Waals surface area contributed by atoms with E-state index in [0.717, 1.165) is 25.8 Å². The minimum Gasteiger partial charge on any atom is -0.356 e. The van der Waals surface area contributed by atoms with E-state index in [1.165, 1.54) is 0 Å². The van der Waals surface area contributed by atoms with Gasteiger partial charge in [0, 0.05) is 13.1 Å². The van der Waals surface area contributed by atoms with Crippen LogP contribution in [0.5, 0.6) is 0 Å². The Morgan fingerprint density at radius 3 is 2.64 bits per heavy atom. The average molecular weight is 156 g/mol. The van der Waals surface area contributed by atoms with Crippen molar-refractivity contribution in [1.82, 2.24) is 5.32 Å². The summed E-state index contributed by atoms with van der Waals surface area (Å²) in [6.45, 7) is 3.32. The molecule has 1 amide bonds. The lowest BCUT2D eigenvalue weighted by atomic mass is 10.1. The minimum atomic E-state index is -0.171. The second-order valence-electron chi connectivity index (χ2n) is 3.24. The van der Waals surface area contributed by atoms with E-state index in [9.17, 15) is 4.79 Å². The molecule has 0 aromatic carbocycles. The lowest BCUT2D eigenvalue weighted by Crippen LogP contribution is -2.36. The van der Waals surface area contributed by atoms with Gasteiger partial charge in [-0.15, -0.1) is 0 Å². The lowest BCUT2D eigenvalue weighted by molar-refractivity contribution is -0.125. The van der Waals surface area contributed by atoms with Gasteiger partial charge in [0.1, 0.15) is 0 Å². The molecule has 1 saturated carbocycles. The molecule has 11 heavy (non-hydrogen) atoms. The molecule has 1 fully saturated rings. The second-order valence-corrected chi connectivity index (χ2v) is 3.24. The molecule has 0 aromatic heterocycles. The molecule has 0 aromatic rings. The van der Waals surface area contributed by atoms with E-state index in [0.29, 0.717) is 6.54 Å². The fourth-order valence-corrected chi connectivity index (χ4v) is 1.10. The third-order valence-electron chi connectivity index (χ3n) is 2.26. The molecular weight excluding hydrogens is 140 g/mol. The fourth-order valence-electron chi connectivity index (χ4n) is 1.10. The number of hydrogen-bond acceptors (Lipinski definition) is 2. The molecule has 0 saturated heterocycles. The summed E-state index contributed by atoms with van der Waals surface area (Å²) in [7, 11) is 0. The van der Waals surface area contributed by atoms with E-state index >= 15 is 0 Å². The molecule has 0 bridgehead atoms. The number of carbonyl (C=O) groups is 1. The van der Waals surface area contributed by atoms with Gasteiger partial charge in [-0.25, -0.2) is 0 Å². The predicted molar refractivity (Wildman–Crippen MR) is 44.0 cm³/mol. The predicted octanol–water partition coefficient (Wildman–Crippen LogP) is 0.251. The van der Waals surface area contributed by atoms with Crippen LogP contribution in [-0.4, -0.2) is 19.0 Å². The first kappa shape index (κ1) is 8.53. The van der Waals surface area contributed by atoms with Crippen LogP contribution in [0, 0.1) is 5.41 Å². The van der Waals surface area contributed by atoms with Crippen LogP contribution in [0.2, 0.25) is 0 Å². The van der Waals surface area contributed by atoms with Crippen LogP contribution in [0.4, 0.5) is 0 Å². The fraction of sp³-hybridized carbons (Fsp3) is 0.875. The Morgan fingerprint density at radius 1 is 1.64 bits per heavy atom. The number of hydrogen-bond donors (Lipinski definition) is 2.